The van der Waals surface area contributed by atoms with Gasteiger partial charge in [0, 0.05) is 38.2 Å². The lowest BCUT2D eigenvalue weighted by molar-refractivity contribution is 0.385. The van der Waals surface area contributed by atoms with Crippen molar-refractivity contribution in [1.82, 2.24) is 15.3 Å². The highest BCUT2D eigenvalue weighted by Gasteiger charge is 2.24. The summed E-state index contributed by atoms with van der Waals surface area (Å²) in [6, 6.07) is 8.52. The van der Waals surface area contributed by atoms with Gasteiger partial charge in [0.25, 0.3) is 0 Å². The summed E-state index contributed by atoms with van der Waals surface area (Å²) in [6.45, 7) is 3.50. The van der Waals surface area contributed by atoms with E-state index in [4.69, 9.17) is 9.72 Å². The zero-order chi connectivity index (χ0) is 14.2. The highest BCUT2D eigenvalue weighted by molar-refractivity contribution is 5.47. The van der Waals surface area contributed by atoms with Gasteiger partial charge in [0.2, 0.25) is 11.8 Å². The fraction of sp³-hybridized carbons (Fsp3) is 0.375. The highest BCUT2D eigenvalue weighted by Crippen LogP contribution is 2.29. The van der Waals surface area contributed by atoms with E-state index < -0.39 is 0 Å². The maximum absolute atomic E-state index is 5.47. The predicted octanol–water partition coefficient (Wildman–Crippen LogP) is 1.65. The summed E-state index contributed by atoms with van der Waals surface area (Å²) >= 11 is 0. The molecule has 0 radical (unpaired) electrons. The third-order valence-corrected chi connectivity index (χ3v) is 4.20. The van der Waals surface area contributed by atoms with Gasteiger partial charge in [-0.25, -0.2) is 4.98 Å². The van der Waals surface area contributed by atoms with E-state index in [-0.39, 0.29) is 0 Å². The number of fused-ring (bicyclic) bond motifs is 2. The van der Waals surface area contributed by atoms with Gasteiger partial charge in [0.05, 0.1) is 12.8 Å². The van der Waals surface area contributed by atoms with Crippen LogP contribution in [0.15, 0.2) is 24.3 Å². The molecule has 5 heteroatoms. The monoisotopic (exact) mass is 282 g/mol. The van der Waals surface area contributed by atoms with Crippen molar-refractivity contribution < 1.29 is 4.74 Å². The third-order valence-electron chi connectivity index (χ3n) is 4.20. The van der Waals surface area contributed by atoms with Crippen LogP contribution < -0.4 is 15.0 Å². The van der Waals surface area contributed by atoms with Crippen molar-refractivity contribution in [1.29, 1.82) is 0 Å². The van der Waals surface area contributed by atoms with E-state index in [0.29, 0.717) is 5.88 Å². The highest BCUT2D eigenvalue weighted by atomic mass is 16.5. The number of rotatable bonds is 2. The Bertz CT molecular complexity index is 644. The Morgan fingerprint density at radius 1 is 1.14 bits per heavy atom. The molecule has 4 rings (SSSR count). The summed E-state index contributed by atoms with van der Waals surface area (Å²) in [5.41, 5.74) is 4.94. The van der Waals surface area contributed by atoms with Crippen LogP contribution in [-0.2, 0) is 26.1 Å². The van der Waals surface area contributed by atoms with Crippen molar-refractivity contribution in [3.05, 3.63) is 46.6 Å². The van der Waals surface area contributed by atoms with Gasteiger partial charge in [0.1, 0.15) is 0 Å². The van der Waals surface area contributed by atoms with Crippen molar-refractivity contribution in [2.24, 2.45) is 0 Å². The van der Waals surface area contributed by atoms with Crippen LogP contribution in [-0.4, -0.2) is 23.6 Å². The molecule has 2 aromatic rings. The second-order valence-electron chi connectivity index (χ2n) is 5.51. The lowest BCUT2D eigenvalue weighted by Crippen LogP contribution is -2.27. The van der Waals surface area contributed by atoms with Crippen molar-refractivity contribution in [3.8, 4) is 5.88 Å². The molecule has 0 saturated heterocycles. The average molecular weight is 282 g/mol. The van der Waals surface area contributed by atoms with Crippen LogP contribution in [0.4, 0.5) is 5.95 Å². The summed E-state index contributed by atoms with van der Waals surface area (Å²) in [7, 11) is 1.68. The number of aromatic nitrogens is 2. The van der Waals surface area contributed by atoms with Crippen LogP contribution in [0.1, 0.15) is 22.4 Å². The largest absolute Gasteiger partial charge is 0.481 e. The summed E-state index contributed by atoms with van der Waals surface area (Å²) in [5, 5.41) is 3.35. The first kappa shape index (κ1) is 12.6. The number of anilines is 1. The Kier molecular flexibility index (Phi) is 3.00. The molecular formula is C16H18N4O. The Labute approximate surface area is 124 Å². The molecule has 0 spiro atoms. The average Bonchev–Trinajstić information content (AvgIpc) is 2.98. The first-order valence-corrected chi connectivity index (χ1v) is 7.31. The van der Waals surface area contributed by atoms with E-state index in [0.717, 1.165) is 49.8 Å². The molecule has 0 bridgehead atoms. The molecule has 0 atom stereocenters. The molecule has 21 heavy (non-hydrogen) atoms. The van der Waals surface area contributed by atoms with E-state index in [1.807, 2.05) is 0 Å². The fourth-order valence-electron chi connectivity index (χ4n) is 3.08. The van der Waals surface area contributed by atoms with Crippen LogP contribution in [0, 0.1) is 0 Å². The van der Waals surface area contributed by atoms with E-state index >= 15 is 0 Å². The van der Waals surface area contributed by atoms with Gasteiger partial charge in [0.15, 0.2) is 0 Å². The molecule has 0 fully saturated rings. The van der Waals surface area contributed by atoms with Crippen molar-refractivity contribution in [2.75, 3.05) is 18.6 Å². The van der Waals surface area contributed by atoms with Crippen molar-refractivity contribution in [2.45, 2.75) is 26.1 Å². The zero-order valence-electron chi connectivity index (χ0n) is 12.1. The minimum Gasteiger partial charge on any atom is -0.481 e. The first-order chi connectivity index (χ1) is 10.3. The van der Waals surface area contributed by atoms with Gasteiger partial charge >= 0.3 is 0 Å². The zero-order valence-corrected chi connectivity index (χ0v) is 12.1. The second kappa shape index (κ2) is 5.00. The van der Waals surface area contributed by atoms with Gasteiger partial charge < -0.3 is 15.0 Å². The minimum atomic E-state index is 0.707. The minimum absolute atomic E-state index is 0.707. The molecule has 108 valence electrons. The molecule has 0 saturated carbocycles. The maximum atomic E-state index is 5.47. The molecular weight excluding hydrogens is 264 g/mol. The van der Waals surface area contributed by atoms with Crippen molar-refractivity contribution >= 4 is 5.95 Å². The number of benzene rings is 1. The molecule has 1 N–H and O–H groups in total. The second-order valence-corrected chi connectivity index (χ2v) is 5.51. The lowest BCUT2D eigenvalue weighted by Gasteiger charge is -2.22. The number of ether oxygens (including phenoxy) is 1. The van der Waals surface area contributed by atoms with E-state index in [1.165, 1.54) is 11.1 Å². The molecule has 2 aliphatic heterocycles. The van der Waals surface area contributed by atoms with Crippen LogP contribution in [0.3, 0.4) is 0 Å². The SMILES string of the molecule is COc1nc(N2Cc3ccccc3C2)nc2c1CNCC2. The quantitative estimate of drug-likeness (QED) is 0.907. The normalized spacial score (nSPS) is 16.5. The molecule has 0 unspecified atom stereocenters. The molecule has 0 amide bonds. The summed E-state index contributed by atoms with van der Waals surface area (Å²) in [5.74, 6) is 1.49. The van der Waals surface area contributed by atoms with Gasteiger partial charge in [-0.1, -0.05) is 24.3 Å². The standard InChI is InChI=1S/C16H18N4O/c1-21-15-13-8-17-7-6-14(13)18-16(19-15)20-9-11-4-2-3-5-12(11)10-20/h2-5,17H,6-10H2,1H3. The Balaban J connectivity index is 1.70. The summed E-state index contributed by atoms with van der Waals surface area (Å²) in [6.07, 6.45) is 0.933. The number of nitrogens with zero attached hydrogens (tertiary/aromatic N) is 3. The van der Waals surface area contributed by atoms with Crippen molar-refractivity contribution in [3.63, 3.8) is 0 Å². The summed E-state index contributed by atoms with van der Waals surface area (Å²) in [4.78, 5) is 11.6. The molecule has 5 nitrogen and oxygen atoms in total. The smallest absolute Gasteiger partial charge is 0.229 e. The number of methoxy groups -OCH3 is 1. The van der Waals surface area contributed by atoms with Gasteiger partial charge in [-0.05, 0) is 11.1 Å². The number of hydrogen-bond donors (Lipinski definition) is 1. The molecule has 2 aliphatic rings. The Morgan fingerprint density at radius 3 is 2.62 bits per heavy atom. The van der Waals surface area contributed by atoms with Crippen LogP contribution in [0.5, 0.6) is 5.88 Å². The van der Waals surface area contributed by atoms with E-state index in [9.17, 15) is 0 Å². The molecule has 1 aromatic heterocycles. The van der Waals surface area contributed by atoms with E-state index in [2.05, 4.69) is 39.5 Å². The number of hydrogen-bond acceptors (Lipinski definition) is 5. The molecule has 0 aliphatic carbocycles. The third kappa shape index (κ3) is 2.14. The molecule has 3 heterocycles. The first-order valence-electron chi connectivity index (χ1n) is 7.31. The Hall–Kier alpha value is -2.14. The molecule has 1 aromatic carbocycles. The summed E-state index contributed by atoms with van der Waals surface area (Å²) < 4.78 is 5.47. The van der Waals surface area contributed by atoms with Gasteiger partial charge in [-0.3, -0.25) is 0 Å². The van der Waals surface area contributed by atoms with Gasteiger partial charge in [-0.15, -0.1) is 0 Å². The van der Waals surface area contributed by atoms with Gasteiger partial charge in [-0.2, -0.15) is 4.98 Å². The lowest BCUT2D eigenvalue weighted by atomic mass is 10.1. The Morgan fingerprint density at radius 2 is 1.90 bits per heavy atom. The van der Waals surface area contributed by atoms with Crippen LogP contribution in [0.25, 0.3) is 0 Å². The maximum Gasteiger partial charge on any atom is 0.229 e. The van der Waals surface area contributed by atoms with Crippen LogP contribution in [0.2, 0.25) is 0 Å². The fourth-order valence-corrected chi connectivity index (χ4v) is 3.08. The topological polar surface area (TPSA) is 50.3 Å². The van der Waals surface area contributed by atoms with Crippen LogP contribution >= 0.6 is 0 Å². The predicted molar refractivity (Wildman–Crippen MR) is 80.3 cm³/mol. The van der Waals surface area contributed by atoms with E-state index in [1.54, 1.807) is 7.11 Å². The number of nitrogens with one attached hydrogen (secondary N) is 1.